The van der Waals surface area contributed by atoms with Crippen LogP contribution in [0.25, 0.3) is 22.3 Å². The molecule has 3 aromatic heterocycles. The van der Waals surface area contributed by atoms with E-state index in [1.54, 1.807) is 18.5 Å². The molecule has 126 valence electrons. The second-order valence-electron chi connectivity index (χ2n) is 6.02. The SMILES string of the molecule is Nc1nccc(-c2c[nH]c3nccc(N4CC5OC(=O)OC5C4)c23)n1. The average molecular weight is 338 g/mol. The van der Waals surface area contributed by atoms with E-state index in [1.807, 2.05) is 12.3 Å². The van der Waals surface area contributed by atoms with Gasteiger partial charge in [-0.15, -0.1) is 0 Å². The number of nitrogens with zero attached hydrogens (tertiary/aromatic N) is 4. The largest absolute Gasteiger partial charge is 0.509 e. The van der Waals surface area contributed by atoms with E-state index in [4.69, 9.17) is 15.2 Å². The number of anilines is 2. The molecular formula is C16H14N6O3. The van der Waals surface area contributed by atoms with Crippen molar-refractivity contribution in [2.24, 2.45) is 0 Å². The van der Waals surface area contributed by atoms with Gasteiger partial charge in [0.25, 0.3) is 0 Å². The van der Waals surface area contributed by atoms with E-state index in [1.165, 1.54) is 0 Å². The molecule has 3 aromatic rings. The molecule has 9 nitrogen and oxygen atoms in total. The number of carbonyl (C=O) groups is 1. The number of hydrogen-bond acceptors (Lipinski definition) is 8. The Kier molecular flexibility index (Phi) is 2.84. The van der Waals surface area contributed by atoms with Gasteiger partial charge in [0.05, 0.1) is 29.9 Å². The first kappa shape index (κ1) is 14.0. The van der Waals surface area contributed by atoms with Crippen LogP contribution in [0.4, 0.5) is 16.4 Å². The summed E-state index contributed by atoms with van der Waals surface area (Å²) in [6, 6.07) is 3.74. The Hall–Kier alpha value is -3.36. The first-order valence-corrected chi connectivity index (χ1v) is 7.86. The van der Waals surface area contributed by atoms with Crippen molar-refractivity contribution in [3.63, 3.8) is 0 Å². The number of nitrogens with one attached hydrogen (secondary N) is 1. The van der Waals surface area contributed by atoms with E-state index in [0.717, 1.165) is 28.0 Å². The standard InChI is InChI=1S/C16H14N6O3/c17-15-19-3-1-9(21-15)8-5-20-14-13(8)10(2-4-18-14)22-6-11-12(7-22)25-16(23)24-11/h1-5,11-12H,6-7H2,(H,18,20)(H2,17,19,21). The van der Waals surface area contributed by atoms with E-state index < -0.39 is 6.16 Å². The van der Waals surface area contributed by atoms with Crippen LogP contribution < -0.4 is 10.6 Å². The van der Waals surface area contributed by atoms with Crippen LogP contribution in [0, 0.1) is 0 Å². The number of pyridine rings is 1. The van der Waals surface area contributed by atoms with Crippen LogP contribution in [-0.2, 0) is 9.47 Å². The van der Waals surface area contributed by atoms with Crippen LogP contribution in [0.3, 0.4) is 0 Å². The van der Waals surface area contributed by atoms with Crippen molar-refractivity contribution >= 4 is 28.8 Å². The number of H-pyrrole nitrogens is 1. The van der Waals surface area contributed by atoms with Crippen molar-refractivity contribution in [3.8, 4) is 11.3 Å². The lowest BCUT2D eigenvalue weighted by molar-refractivity contribution is 0.113. The molecular weight excluding hydrogens is 324 g/mol. The molecule has 0 aliphatic carbocycles. The summed E-state index contributed by atoms with van der Waals surface area (Å²) < 4.78 is 10.4. The number of aromatic amines is 1. The van der Waals surface area contributed by atoms with Crippen LogP contribution in [0.15, 0.2) is 30.7 Å². The summed E-state index contributed by atoms with van der Waals surface area (Å²) in [5.74, 6) is 0.216. The number of nitrogen functional groups attached to an aromatic ring is 1. The zero-order chi connectivity index (χ0) is 17.0. The highest BCUT2D eigenvalue weighted by molar-refractivity contribution is 6.02. The lowest BCUT2D eigenvalue weighted by Gasteiger charge is -2.20. The second kappa shape index (κ2) is 5.07. The van der Waals surface area contributed by atoms with Gasteiger partial charge in [-0.05, 0) is 12.1 Å². The molecule has 0 radical (unpaired) electrons. The van der Waals surface area contributed by atoms with Crippen LogP contribution in [0.1, 0.15) is 0 Å². The van der Waals surface area contributed by atoms with E-state index in [-0.39, 0.29) is 18.2 Å². The van der Waals surface area contributed by atoms with E-state index >= 15 is 0 Å². The summed E-state index contributed by atoms with van der Waals surface area (Å²) in [5.41, 5.74) is 9.06. The van der Waals surface area contributed by atoms with Crippen LogP contribution in [-0.4, -0.2) is 51.4 Å². The van der Waals surface area contributed by atoms with E-state index in [9.17, 15) is 4.79 Å². The Labute approximate surface area is 141 Å². The Morgan fingerprint density at radius 1 is 1.16 bits per heavy atom. The zero-order valence-corrected chi connectivity index (χ0v) is 13.0. The van der Waals surface area contributed by atoms with Gasteiger partial charge in [-0.1, -0.05) is 0 Å². The minimum Gasteiger partial charge on any atom is -0.425 e. The lowest BCUT2D eigenvalue weighted by atomic mass is 10.1. The van der Waals surface area contributed by atoms with Gasteiger partial charge >= 0.3 is 6.16 Å². The number of nitrogens with two attached hydrogens (primary N) is 1. The van der Waals surface area contributed by atoms with Gasteiger partial charge in [0, 0.05) is 24.2 Å². The fraction of sp³-hybridized carbons (Fsp3) is 0.250. The molecule has 2 atom stereocenters. The summed E-state index contributed by atoms with van der Waals surface area (Å²) in [7, 11) is 0. The van der Waals surface area contributed by atoms with Crippen LogP contribution in [0.5, 0.6) is 0 Å². The number of hydrogen-bond donors (Lipinski definition) is 2. The van der Waals surface area contributed by atoms with Crippen molar-refractivity contribution in [1.29, 1.82) is 0 Å². The molecule has 2 fully saturated rings. The minimum absolute atomic E-state index is 0.216. The first-order valence-electron chi connectivity index (χ1n) is 7.86. The quantitative estimate of drug-likeness (QED) is 0.672. The smallest absolute Gasteiger partial charge is 0.425 e. The Morgan fingerprint density at radius 2 is 1.92 bits per heavy atom. The molecule has 5 heterocycles. The molecule has 3 N–H and O–H groups in total. The number of rotatable bonds is 2. The zero-order valence-electron chi connectivity index (χ0n) is 13.0. The maximum absolute atomic E-state index is 11.2. The highest BCUT2D eigenvalue weighted by atomic mass is 16.8. The molecule has 2 unspecified atom stereocenters. The number of aromatic nitrogens is 4. The predicted octanol–water partition coefficient (Wildman–Crippen LogP) is 1.33. The van der Waals surface area contributed by atoms with Crippen molar-refractivity contribution in [3.05, 3.63) is 30.7 Å². The molecule has 0 aromatic carbocycles. The summed E-state index contributed by atoms with van der Waals surface area (Å²) in [5, 5.41) is 0.937. The number of fused-ring (bicyclic) bond motifs is 2. The van der Waals surface area contributed by atoms with Crippen LogP contribution >= 0.6 is 0 Å². The van der Waals surface area contributed by atoms with Gasteiger partial charge in [-0.25, -0.2) is 19.7 Å². The normalized spacial score (nSPS) is 22.1. The Balaban J connectivity index is 1.60. The van der Waals surface area contributed by atoms with Crippen LogP contribution in [0.2, 0.25) is 0 Å². The topological polar surface area (TPSA) is 119 Å². The molecule has 5 rings (SSSR count). The van der Waals surface area contributed by atoms with Gasteiger partial charge in [0.2, 0.25) is 5.95 Å². The molecule has 25 heavy (non-hydrogen) atoms. The fourth-order valence-electron chi connectivity index (χ4n) is 3.47. The van der Waals surface area contributed by atoms with Gasteiger partial charge in [0.1, 0.15) is 5.65 Å². The first-order chi connectivity index (χ1) is 12.2. The van der Waals surface area contributed by atoms with E-state index in [2.05, 4.69) is 24.8 Å². The molecule has 2 aliphatic rings. The summed E-state index contributed by atoms with van der Waals surface area (Å²) in [4.78, 5) is 29.2. The summed E-state index contributed by atoms with van der Waals surface area (Å²) >= 11 is 0. The third-order valence-corrected chi connectivity index (χ3v) is 4.55. The van der Waals surface area contributed by atoms with Gasteiger partial charge < -0.3 is 25.1 Å². The van der Waals surface area contributed by atoms with E-state index in [0.29, 0.717) is 13.1 Å². The summed E-state index contributed by atoms with van der Waals surface area (Å²) in [6.45, 7) is 1.15. The van der Waals surface area contributed by atoms with Gasteiger partial charge in [0.15, 0.2) is 12.2 Å². The van der Waals surface area contributed by atoms with Crippen molar-refractivity contribution in [2.75, 3.05) is 23.7 Å². The predicted molar refractivity (Wildman–Crippen MR) is 88.9 cm³/mol. The molecule has 9 heteroatoms. The molecule has 0 saturated carbocycles. The number of ether oxygens (including phenoxy) is 2. The van der Waals surface area contributed by atoms with Crippen molar-refractivity contribution in [1.82, 2.24) is 19.9 Å². The molecule has 0 amide bonds. The monoisotopic (exact) mass is 338 g/mol. The van der Waals surface area contributed by atoms with Crippen molar-refractivity contribution in [2.45, 2.75) is 12.2 Å². The Bertz CT molecular complexity index is 971. The highest BCUT2D eigenvalue weighted by Crippen LogP contribution is 2.37. The molecule has 0 spiro atoms. The fourth-order valence-corrected chi connectivity index (χ4v) is 3.47. The maximum Gasteiger partial charge on any atom is 0.509 e. The van der Waals surface area contributed by atoms with Gasteiger partial charge in [-0.2, -0.15) is 0 Å². The Morgan fingerprint density at radius 3 is 2.68 bits per heavy atom. The second-order valence-corrected chi connectivity index (χ2v) is 6.02. The third-order valence-electron chi connectivity index (χ3n) is 4.55. The van der Waals surface area contributed by atoms with Gasteiger partial charge in [-0.3, -0.25) is 0 Å². The van der Waals surface area contributed by atoms with Crippen molar-refractivity contribution < 1.29 is 14.3 Å². The maximum atomic E-state index is 11.2. The summed E-state index contributed by atoms with van der Waals surface area (Å²) in [6.07, 6.45) is 4.15. The highest BCUT2D eigenvalue weighted by Gasteiger charge is 2.44. The third kappa shape index (κ3) is 2.16. The lowest BCUT2D eigenvalue weighted by Crippen LogP contribution is -2.24. The molecule has 0 bridgehead atoms. The molecule has 2 saturated heterocycles. The number of carbonyl (C=O) groups excluding carboxylic acids is 1. The minimum atomic E-state index is -0.590. The average Bonchev–Trinajstić information content (AvgIpc) is 3.26. The molecule has 2 aliphatic heterocycles.